The van der Waals surface area contributed by atoms with E-state index >= 15 is 0 Å². The fourth-order valence-corrected chi connectivity index (χ4v) is 5.10. The zero-order chi connectivity index (χ0) is 26.2. The first-order valence-electron chi connectivity index (χ1n) is 11.1. The molecule has 0 aliphatic heterocycles. The van der Waals surface area contributed by atoms with E-state index in [1.54, 1.807) is 0 Å². The summed E-state index contributed by atoms with van der Waals surface area (Å²) in [5.74, 6) is -1.77. The molecule has 3 aromatic carbocycles. The lowest BCUT2D eigenvalue weighted by Gasteiger charge is -2.13. The number of nitrogen functional groups attached to an aromatic ring is 1. The van der Waals surface area contributed by atoms with E-state index in [-0.39, 0.29) is 11.6 Å². The Morgan fingerprint density at radius 2 is 1.78 bits per heavy atom. The van der Waals surface area contributed by atoms with Gasteiger partial charge in [-0.3, -0.25) is 4.72 Å². The molecule has 37 heavy (non-hydrogen) atoms. The number of ether oxygens (including phenoxy) is 1. The van der Waals surface area contributed by atoms with Gasteiger partial charge >= 0.3 is 0 Å². The summed E-state index contributed by atoms with van der Waals surface area (Å²) < 4.78 is 62.6. The molecule has 0 saturated carbocycles. The standard InChI is InChI=1S/C26H21F2N5O3S/c1-36-25-22(32-37(34,35)24-10-8-19(27)13-20(24)28)11-18(14-30-25)17-7-9-21-23(12-17)33(26(29)31-21)15-16-5-3-2-4-6-16/h2-14,32H,15H2,1H3,(H2,29,31). The zero-order valence-electron chi connectivity index (χ0n) is 19.5. The molecule has 188 valence electrons. The lowest BCUT2D eigenvalue weighted by atomic mass is 10.1. The highest BCUT2D eigenvalue weighted by Gasteiger charge is 2.22. The quantitative estimate of drug-likeness (QED) is 0.318. The van der Waals surface area contributed by atoms with Crippen molar-refractivity contribution in [2.24, 2.45) is 0 Å². The van der Waals surface area contributed by atoms with Crippen molar-refractivity contribution in [1.29, 1.82) is 0 Å². The molecule has 0 bridgehead atoms. The molecular formula is C26H21F2N5O3S. The van der Waals surface area contributed by atoms with Gasteiger partial charge in [-0.1, -0.05) is 36.4 Å². The summed E-state index contributed by atoms with van der Waals surface area (Å²) in [7, 11) is -3.08. The van der Waals surface area contributed by atoms with Crippen LogP contribution in [0.3, 0.4) is 0 Å². The fraction of sp³-hybridized carbons (Fsp3) is 0.0769. The summed E-state index contributed by atoms with van der Waals surface area (Å²) in [5.41, 5.74) is 9.99. The van der Waals surface area contributed by atoms with Gasteiger partial charge in [-0.25, -0.2) is 27.2 Å². The molecule has 11 heteroatoms. The molecule has 0 spiro atoms. The molecule has 0 aliphatic rings. The molecule has 0 atom stereocenters. The van der Waals surface area contributed by atoms with Crippen LogP contribution in [0, 0.1) is 11.6 Å². The number of rotatable bonds is 7. The molecule has 5 aromatic rings. The third kappa shape index (κ3) is 4.81. The van der Waals surface area contributed by atoms with Gasteiger partial charge in [0.15, 0.2) is 0 Å². The number of benzene rings is 3. The molecular weight excluding hydrogens is 500 g/mol. The average molecular weight is 522 g/mol. The Bertz CT molecular complexity index is 1720. The molecule has 5 rings (SSSR count). The number of sulfonamides is 1. The molecule has 0 fully saturated rings. The van der Waals surface area contributed by atoms with Gasteiger partial charge in [-0.05, 0) is 41.5 Å². The van der Waals surface area contributed by atoms with Crippen molar-refractivity contribution >= 4 is 32.7 Å². The van der Waals surface area contributed by atoms with Crippen LogP contribution in [0.4, 0.5) is 20.4 Å². The first-order chi connectivity index (χ1) is 17.7. The first kappa shape index (κ1) is 24.2. The highest BCUT2D eigenvalue weighted by Crippen LogP contribution is 2.32. The predicted octanol–water partition coefficient (Wildman–Crippen LogP) is 4.82. The number of anilines is 2. The van der Waals surface area contributed by atoms with E-state index in [1.807, 2.05) is 53.1 Å². The Balaban J connectivity index is 1.54. The van der Waals surface area contributed by atoms with Crippen LogP contribution in [-0.4, -0.2) is 30.1 Å². The second-order valence-corrected chi connectivity index (χ2v) is 9.86. The minimum Gasteiger partial charge on any atom is -0.480 e. The van der Waals surface area contributed by atoms with Gasteiger partial charge in [0.25, 0.3) is 10.0 Å². The van der Waals surface area contributed by atoms with Gasteiger partial charge < -0.3 is 15.0 Å². The Morgan fingerprint density at radius 1 is 1.00 bits per heavy atom. The summed E-state index contributed by atoms with van der Waals surface area (Å²) in [6.07, 6.45) is 1.53. The monoisotopic (exact) mass is 521 g/mol. The molecule has 0 saturated heterocycles. The normalized spacial score (nSPS) is 11.5. The van der Waals surface area contributed by atoms with Crippen molar-refractivity contribution in [3.05, 3.63) is 96.2 Å². The van der Waals surface area contributed by atoms with Gasteiger partial charge in [0.1, 0.15) is 22.2 Å². The molecule has 0 aliphatic carbocycles. The number of halogens is 2. The summed E-state index contributed by atoms with van der Waals surface area (Å²) in [4.78, 5) is 7.94. The van der Waals surface area contributed by atoms with Crippen LogP contribution in [0.25, 0.3) is 22.2 Å². The van der Waals surface area contributed by atoms with Crippen molar-refractivity contribution < 1.29 is 21.9 Å². The molecule has 8 nitrogen and oxygen atoms in total. The topological polar surface area (TPSA) is 112 Å². The minimum absolute atomic E-state index is 0.0128. The van der Waals surface area contributed by atoms with Crippen LogP contribution in [0.5, 0.6) is 5.88 Å². The predicted molar refractivity (Wildman–Crippen MR) is 137 cm³/mol. The highest BCUT2D eigenvalue weighted by molar-refractivity contribution is 7.92. The SMILES string of the molecule is COc1ncc(-c2ccc3nc(N)n(Cc4ccccc4)c3c2)cc1NS(=O)(=O)c1ccc(F)cc1F. The Kier molecular flexibility index (Phi) is 6.22. The third-order valence-corrected chi connectivity index (χ3v) is 7.17. The van der Waals surface area contributed by atoms with Gasteiger partial charge in [0.05, 0.1) is 24.7 Å². The average Bonchev–Trinajstić information content (AvgIpc) is 3.18. The van der Waals surface area contributed by atoms with Crippen LogP contribution in [0.2, 0.25) is 0 Å². The minimum atomic E-state index is -4.41. The smallest absolute Gasteiger partial charge is 0.264 e. The van der Waals surface area contributed by atoms with Crippen molar-refractivity contribution in [3.8, 4) is 17.0 Å². The third-order valence-electron chi connectivity index (χ3n) is 5.77. The molecule has 0 amide bonds. The zero-order valence-corrected chi connectivity index (χ0v) is 20.3. The number of nitrogens with one attached hydrogen (secondary N) is 1. The number of fused-ring (bicyclic) bond motifs is 1. The van der Waals surface area contributed by atoms with Gasteiger partial charge in [-0.15, -0.1) is 0 Å². The maximum atomic E-state index is 14.2. The van der Waals surface area contributed by atoms with E-state index in [0.717, 1.165) is 23.2 Å². The largest absolute Gasteiger partial charge is 0.480 e. The van der Waals surface area contributed by atoms with Gasteiger partial charge in [-0.2, -0.15) is 0 Å². The first-order valence-corrected chi connectivity index (χ1v) is 12.6. The van der Waals surface area contributed by atoms with E-state index < -0.39 is 26.6 Å². The van der Waals surface area contributed by atoms with Crippen LogP contribution in [0.15, 0.2) is 83.9 Å². The number of methoxy groups -OCH3 is 1. The summed E-state index contributed by atoms with van der Waals surface area (Å²) in [5, 5.41) is 0. The van der Waals surface area contributed by atoms with E-state index in [9.17, 15) is 17.2 Å². The number of pyridine rings is 1. The molecule has 0 radical (unpaired) electrons. The van der Waals surface area contributed by atoms with E-state index in [0.29, 0.717) is 35.2 Å². The van der Waals surface area contributed by atoms with E-state index in [1.165, 1.54) is 19.4 Å². The van der Waals surface area contributed by atoms with Crippen LogP contribution < -0.4 is 15.2 Å². The summed E-state index contributed by atoms with van der Waals surface area (Å²) >= 11 is 0. The van der Waals surface area contributed by atoms with E-state index in [2.05, 4.69) is 14.7 Å². The molecule has 2 aromatic heterocycles. The number of nitrogens with zero attached hydrogens (tertiary/aromatic N) is 3. The fourth-order valence-electron chi connectivity index (χ4n) is 3.99. The van der Waals surface area contributed by atoms with Crippen LogP contribution in [0.1, 0.15) is 5.56 Å². The van der Waals surface area contributed by atoms with Crippen molar-refractivity contribution in [2.75, 3.05) is 17.6 Å². The molecule has 0 unspecified atom stereocenters. The van der Waals surface area contributed by atoms with Gasteiger partial charge in [0.2, 0.25) is 11.8 Å². The maximum Gasteiger partial charge on any atom is 0.264 e. The Labute approximate surface area is 211 Å². The Morgan fingerprint density at radius 3 is 2.51 bits per heavy atom. The van der Waals surface area contributed by atoms with Crippen molar-refractivity contribution in [3.63, 3.8) is 0 Å². The maximum absolute atomic E-state index is 14.2. The van der Waals surface area contributed by atoms with Crippen LogP contribution >= 0.6 is 0 Å². The summed E-state index contributed by atoms with van der Waals surface area (Å²) in [6, 6.07) is 19.0. The molecule has 2 heterocycles. The van der Waals surface area contributed by atoms with E-state index in [4.69, 9.17) is 10.5 Å². The number of aromatic nitrogens is 3. The highest BCUT2D eigenvalue weighted by atomic mass is 32.2. The number of hydrogen-bond donors (Lipinski definition) is 2. The second kappa shape index (κ2) is 9.51. The lowest BCUT2D eigenvalue weighted by molar-refractivity contribution is 0.400. The van der Waals surface area contributed by atoms with Crippen molar-refractivity contribution in [1.82, 2.24) is 14.5 Å². The number of nitrogens with two attached hydrogens (primary N) is 1. The Hall–Kier alpha value is -4.51. The van der Waals surface area contributed by atoms with Gasteiger partial charge in [0, 0.05) is 17.8 Å². The number of hydrogen-bond acceptors (Lipinski definition) is 6. The molecule has 3 N–H and O–H groups in total. The van der Waals surface area contributed by atoms with Crippen LogP contribution in [-0.2, 0) is 16.6 Å². The van der Waals surface area contributed by atoms with Crippen molar-refractivity contribution in [2.45, 2.75) is 11.4 Å². The number of imidazole rings is 1. The lowest BCUT2D eigenvalue weighted by Crippen LogP contribution is -2.15. The second-order valence-electron chi connectivity index (χ2n) is 8.21. The summed E-state index contributed by atoms with van der Waals surface area (Å²) in [6.45, 7) is 0.516.